The molecule has 0 saturated heterocycles. The van der Waals surface area contributed by atoms with Gasteiger partial charge in [-0.1, -0.05) is 23.4 Å². The molecule has 0 unspecified atom stereocenters. The van der Waals surface area contributed by atoms with Gasteiger partial charge in [0.2, 0.25) is 23.0 Å². The van der Waals surface area contributed by atoms with Gasteiger partial charge in [-0.15, -0.1) is 0 Å². The molecule has 0 aliphatic carbocycles. The van der Waals surface area contributed by atoms with Crippen molar-refractivity contribution in [1.29, 1.82) is 0 Å². The maximum Gasteiger partial charge on any atom is 0.417 e. The summed E-state index contributed by atoms with van der Waals surface area (Å²) in [5.41, 5.74) is -3.29. The summed E-state index contributed by atoms with van der Waals surface area (Å²) in [6.07, 6.45) is -4.89. The van der Waals surface area contributed by atoms with Gasteiger partial charge in [0.15, 0.2) is 5.75 Å². The number of rotatable bonds is 4. The van der Waals surface area contributed by atoms with Crippen molar-refractivity contribution in [3.8, 4) is 45.6 Å². The lowest BCUT2D eigenvalue weighted by Gasteiger charge is -2.16. The third-order valence-corrected chi connectivity index (χ3v) is 4.97. The number of alkyl halides is 3. The smallest absolute Gasteiger partial charge is 0.417 e. The topological polar surface area (TPSA) is 149 Å². The minimum atomic E-state index is -4.89. The Bertz CT molecular complexity index is 1420. The Morgan fingerprint density at radius 1 is 1.09 bits per heavy atom. The summed E-state index contributed by atoms with van der Waals surface area (Å²) < 4.78 is 47.2. The van der Waals surface area contributed by atoms with Crippen LogP contribution in [-0.2, 0) is 6.18 Å². The number of phenolic OH excluding ortho intramolecular Hbond substituents is 2. The molecule has 4 rings (SSSR count). The van der Waals surface area contributed by atoms with E-state index in [1.165, 1.54) is 12.1 Å². The molecule has 0 amide bonds. The van der Waals surface area contributed by atoms with Crippen LogP contribution in [0, 0.1) is 22.2 Å². The third-order valence-electron chi connectivity index (χ3n) is 4.97. The van der Waals surface area contributed by atoms with Crippen LogP contribution in [0.15, 0.2) is 53.1 Å². The molecular weight excluding hydrogens is 461 g/mol. The lowest BCUT2D eigenvalue weighted by molar-refractivity contribution is -0.600. The molecule has 0 aliphatic rings. The maximum absolute atomic E-state index is 14.0. The van der Waals surface area contributed by atoms with Gasteiger partial charge in [-0.25, -0.2) is 0 Å². The first kappa shape index (κ1) is 22.5. The highest BCUT2D eigenvalue weighted by molar-refractivity contribution is 5.71. The van der Waals surface area contributed by atoms with E-state index in [9.17, 15) is 38.7 Å². The van der Waals surface area contributed by atoms with E-state index in [2.05, 4.69) is 10.1 Å². The predicted octanol–water partition coefficient (Wildman–Crippen LogP) is 4.35. The van der Waals surface area contributed by atoms with Gasteiger partial charge in [-0.2, -0.15) is 22.9 Å². The molecule has 0 aliphatic heterocycles. The molecule has 2 aromatic carbocycles. The Hall–Kier alpha value is -4.68. The van der Waals surface area contributed by atoms with Crippen LogP contribution in [0.3, 0.4) is 0 Å². The fraction of sp³-hybridized carbons (Fsp3) is 0.0952. The number of nitro groups is 1. The average molecular weight is 474 g/mol. The highest BCUT2D eigenvalue weighted by Crippen LogP contribution is 2.41. The molecule has 0 saturated carbocycles. The summed E-state index contributed by atoms with van der Waals surface area (Å²) in [6.45, 7) is 1.16. The number of halogens is 3. The second-order valence-electron chi connectivity index (χ2n) is 7.11. The minimum absolute atomic E-state index is 0.233. The van der Waals surface area contributed by atoms with Crippen molar-refractivity contribution < 1.29 is 37.6 Å². The molecule has 0 fully saturated rings. The van der Waals surface area contributed by atoms with E-state index < -0.39 is 51.1 Å². The Kier molecular flexibility index (Phi) is 5.31. The predicted molar refractivity (Wildman–Crippen MR) is 109 cm³/mol. The normalized spacial score (nSPS) is 11.5. The molecule has 13 heteroatoms. The zero-order chi connectivity index (χ0) is 24.8. The summed E-state index contributed by atoms with van der Waals surface area (Å²) in [5, 5.41) is 46.8. The maximum atomic E-state index is 14.0. The second kappa shape index (κ2) is 8.03. The number of phenols is 2. The van der Waals surface area contributed by atoms with E-state index in [4.69, 9.17) is 4.52 Å². The van der Waals surface area contributed by atoms with Crippen LogP contribution in [0.25, 0.3) is 34.1 Å². The van der Waals surface area contributed by atoms with Crippen molar-refractivity contribution in [3.63, 3.8) is 0 Å². The van der Waals surface area contributed by atoms with Gasteiger partial charge in [0, 0.05) is 24.6 Å². The first-order chi connectivity index (χ1) is 16.0. The van der Waals surface area contributed by atoms with Crippen molar-refractivity contribution in [1.82, 2.24) is 10.1 Å². The Balaban J connectivity index is 1.90. The fourth-order valence-electron chi connectivity index (χ4n) is 3.37. The molecule has 174 valence electrons. The molecule has 4 aromatic rings. The molecule has 2 N–H and O–H groups in total. The Morgan fingerprint density at radius 3 is 2.38 bits per heavy atom. The molecule has 10 nitrogen and oxygen atoms in total. The SMILES string of the molecule is Cc1c(-c2noc(-c3cc(O)c(O)c([N+](=O)[O-])c3)n2)c(C(F)(F)F)cc(-c2ccccc2)[n+]1[O-]. The molecule has 0 bridgehead atoms. The quantitative estimate of drug-likeness (QED) is 0.146. The number of aromatic hydroxyl groups is 2. The minimum Gasteiger partial charge on any atom is -0.618 e. The number of pyridine rings is 1. The van der Waals surface area contributed by atoms with Crippen LogP contribution in [0.5, 0.6) is 11.5 Å². The van der Waals surface area contributed by atoms with Crippen LogP contribution in [0.4, 0.5) is 18.9 Å². The molecular formula is C21H13F3N4O6. The van der Waals surface area contributed by atoms with Crippen molar-refractivity contribution >= 4 is 5.69 Å². The zero-order valence-corrected chi connectivity index (χ0v) is 17.1. The monoisotopic (exact) mass is 474 g/mol. The third kappa shape index (κ3) is 3.83. The Morgan fingerprint density at radius 2 is 1.76 bits per heavy atom. The van der Waals surface area contributed by atoms with Gasteiger partial charge in [-0.05, 0) is 18.2 Å². The lowest BCUT2D eigenvalue weighted by atomic mass is 10.0. The van der Waals surface area contributed by atoms with Crippen LogP contribution in [0.1, 0.15) is 11.3 Å². The van der Waals surface area contributed by atoms with E-state index in [0.717, 1.165) is 19.1 Å². The van der Waals surface area contributed by atoms with Crippen molar-refractivity contribution in [2.75, 3.05) is 0 Å². The first-order valence-corrected chi connectivity index (χ1v) is 9.43. The van der Waals surface area contributed by atoms with E-state index >= 15 is 0 Å². The standard InChI is InChI=1S/C21H13F3N4O6/c1-10-17(13(21(22,23)24)9-14(27(10)31)11-5-3-2-4-6-11)19-25-20(34-26-19)12-7-15(28(32)33)18(30)16(29)8-12/h2-9,29-30H,1H3. The van der Waals surface area contributed by atoms with Gasteiger partial charge in [0.25, 0.3) is 5.89 Å². The number of nitro benzene ring substituents is 1. The Labute approximate surface area is 187 Å². The van der Waals surface area contributed by atoms with Gasteiger partial charge < -0.3 is 19.9 Å². The van der Waals surface area contributed by atoms with Gasteiger partial charge in [0.1, 0.15) is 5.56 Å². The fourth-order valence-corrected chi connectivity index (χ4v) is 3.37. The number of benzene rings is 2. The van der Waals surface area contributed by atoms with Crippen LogP contribution >= 0.6 is 0 Å². The number of hydrogen-bond acceptors (Lipinski definition) is 8. The van der Waals surface area contributed by atoms with Gasteiger partial charge in [0.05, 0.1) is 16.1 Å². The lowest BCUT2D eigenvalue weighted by Crippen LogP contribution is -2.35. The van der Waals surface area contributed by atoms with Crippen molar-refractivity contribution in [2.45, 2.75) is 13.1 Å². The zero-order valence-electron chi connectivity index (χ0n) is 17.1. The average Bonchev–Trinajstić information content (AvgIpc) is 3.26. The highest BCUT2D eigenvalue weighted by Gasteiger charge is 2.40. The molecule has 2 aromatic heterocycles. The highest BCUT2D eigenvalue weighted by atomic mass is 19.4. The summed E-state index contributed by atoms with van der Waals surface area (Å²) in [6, 6.07) is 10.1. The second-order valence-corrected chi connectivity index (χ2v) is 7.11. The van der Waals surface area contributed by atoms with Crippen molar-refractivity contribution in [2.24, 2.45) is 0 Å². The van der Waals surface area contributed by atoms with E-state index in [1.807, 2.05) is 0 Å². The number of nitrogens with zero attached hydrogens (tertiary/aromatic N) is 4. The van der Waals surface area contributed by atoms with Crippen LogP contribution < -0.4 is 4.73 Å². The largest absolute Gasteiger partial charge is 0.618 e. The molecule has 0 radical (unpaired) electrons. The summed E-state index contributed by atoms with van der Waals surface area (Å²) in [7, 11) is 0. The number of aromatic nitrogens is 3. The first-order valence-electron chi connectivity index (χ1n) is 9.43. The molecule has 2 heterocycles. The van der Waals surface area contributed by atoms with E-state index in [0.29, 0.717) is 10.8 Å². The molecule has 0 spiro atoms. The summed E-state index contributed by atoms with van der Waals surface area (Å²) >= 11 is 0. The van der Waals surface area contributed by atoms with Crippen LogP contribution in [0.2, 0.25) is 0 Å². The van der Waals surface area contributed by atoms with Gasteiger partial charge >= 0.3 is 11.9 Å². The number of hydrogen-bond donors (Lipinski definition) is 2. The van der Waals surface area contributed by atoms with E-state index in [-0.39, 0.29) is 22.5 Å². The van der Waals surface area contributed by atoms with Crippen LogP contribution in [-0.4, -0.2) is 25.3 Å². The van der Waals surface area contributed by atoms with Gasteiger partial charge in [-0.3, -0.25) is 10.1 Å². The van der Waals surface area contributed by atoms with Crippen molar-refractivity contribution in [3.05, 3.63) is 75.1 Å². The van der Waals surface area contributed by atoms with E-state index in [1.54, 1.807) is 18.2 Å². The summed E-state index contributed by atoms with van der Waals surface area (Å²) in [4.78, 5) is 13.9. The molecule has 0 atom stereocenters. The summed E-state index contributed by atoms with van der Waals surface area (Å²) in [5.74, 6) is -2.96. The molecule has 34 heavy (non-hydrogen) atoms.